The highest BCUT2D eigenvalue weighted by Gasteiger charge is 2.27. The monoisotopic (exact) mass is 555 g/mol. The molecule has 0 spiro atoms. The maximum atomic E-state index is 14.0. The lowest BCUT2D eigenvalue weighted by atomic mass is 9.85. The van der Waals surface area contributed by atoms with Gasteiger partial charge in [-0.2, -0.15) is 0 Å². The number of allylic oxidation sites excluding steroid dienone is 1. The van der Waals surface area contributed by atoms with Gasteiger partial charge in [0.1, 0.15) is 35.5 Å². The average Bonchev–Trinajstić information content (AvgIpc) is 2.93. The van der Waals surface area contributed by atoms with Gasteiger partial charge in [-0.15, -0.1) is 0 Å². The van der Waals surface area contributed by atoms with Crippen LogP contribution in [0.1, 0.15) is 47.8 Å². The first kappa shape index (κ1) is 27.9. The lowest BCUT2D eigenvalue weighted by molar-refractivity contribution is 0.0734. The molecule has 0 bridgehead atoms. The molecule has 1 N–H and O–H groups in total. The van der Waals surface area contributed by atoms with Crippen LogP contribution in [-0.2, 0) is 6.61 Å². The Morgan fingerprint density at radius 2 is 1.56 bits per heavy atom. The number of benzene rings is 4. The summed E-state index contributed by atoms with van der Waals surface area (Å²) in [7, 11) is 1.55. The van der Waals surface area contributed by atoms with Gasteiger partial charge in [-0.25, -0.2) is 13.6 Å². The average molecular weight is 556 g/mol. The molecule has 210 valence electrons. The van der Waals surface area contributed by atoms with E-state index >= 15 is 0 Å². The predicted octanol–water partition coefficient (Wildman–Crippen LogP) is 8.35. The number of ether oxygens (including phenoxy) is 3. The first-order valence-corrected chi connectivity index (χ1v) is 13.2. The topological polar surface area (TPSA) is 56.8 Å². The Morgan fingerprint density at radius 1 is 0.854 bits per heavy atom. The highest BCUT2D eigenvalue weighted by Crippen LogP contribution is 2.43. The van der Waals surface area contributed by atoms with E-state index in [0.717, 1.165) is 39.1 Å². The Kier molecular flexibility index (Phi) is 7.54. The summed E-state index contributed by atoms with van der Waals surface area (Å²) in [5, 5.41) is 3.58. The van der Waals surface area contributed by atoms with Crippen molar-refractivity contribution in [3.05, 3.63) is 113 Å². The van der Waals surface area contributed by atoms with Crippen LogP contribution in [0.2, 0.25) is 0 Å². The number of carbonyl (C=O) groups excluding carboxylic acids is 1. The maximum absolute atomic E-state index is 14.0. The molecule has 1 aliphatic heterocycles. The van der Waals surface area contributed by atoms with E-state index < -0.39 is 11.8 Å². The van der Waals surface area contributed by atoms with Crippen LogP contribution in [0.4, 0.5) is 14.5 Å². The van der Waals surface area contributed by atoms with Crippen LogP contribution in [0.15, 0.2) is 78.9 Å². The molecule has 0 fully saturated rings. The molecule has 41 heavy (non-hydrogen) atoms. The number of fused-ring (bicyclic) bond motifs is 1. The molecule has 0 saturated carbocycles. The molecule has 0 aliphatic carbocycles. The minimum Gasteiger partial charge on any atom is -0.496 e. The number of methoxy groups -OCH3 is 1. The summed E-state index contributed by atoms with van der Waals surface area (Å²) >= 11 is 0. The van der Waals surface area contributed by atoms with E-state index in [9.17, 15) is 13.6 Å². The van der Waals surface area contributed by atoms with Gasteiger partial charge < -0.3 is 19.5 Å². The molecule has 0 unspecified atom stereocenters. The Labute approximate surface area is 238 Å². The Bertz CT molecular complexity index is 1660. The summed E-state index contributed by atoms with van der Waals surface area (Å²) in [6, 6.07) is 18.8. The second-order valence-electron chi connectivity index (χ2n) is 10.6. The molecule has 5 rings (SSSR count). The Morgan fingerprint density at radius 3 is 2.29 bits per heavy atom. The number of nitrogens with one attached hydrogen (secondary N) is 1. The van der Waals surface area contributed by atoms with Gasteiger partial charge in [0.05, 0.1) is 18.2 Å². The van der Waals surface area contributed by atoms with Crippen LogP contribution < -0.4 is 19.5 Å². The fourth-order valence-electron chi connectivity index (χ4n) is 5.19. The van der Waals surface area contributed by atoms with Crippen LogP contribution in [0.3, 0.4) is 0 Å². The molecule has 4 aromatic carbocycles. The highest BCUT2D eigenvalue weighted by atomic mass is 19.1. The van der Waals surface area contributed by atoms with E-state index in [2.05, 4.69) is 32.2 Å². The first-order valence-electron chi connectivity index (χ1n) is 13.2. The molecule has 0 amide bonds. The minimum absolute atomic E-state index is 0.181. The summed E-state index contributed by atoms with van der Waals surface area (Å²) in [5.41, 5.74) is 6.42. The quantitative estimate of drug-likeness (QED) is 0.183. The number of halogens is 2. The highest BCUT2D eigenvalue weighted by molar-refractivity contribution is 5.92. The van der Waals surface area contributed by atoms with E-state index in [-0.39, 0.29) is 29.3 Å². The van der Waals surface area contributed by atoms with E-state index in [0.29, 0.717) is 11.5 Å². The van der Waals surface area contributed by atoms with Gasteiger partial charge in [0.2, 0.25) is 0 Å². The fraction of sp³-hybridized carbons (Fsp3) is 0.206. The number of aryl methyl sites for hydroxylation is 1. The van der Waals surface area contributed by atoms with Gasteiger partial charge in [0.25, 0.3) is 0 Å². The zero-order chi connectivity index (χ0) is 29.3. The number of hydrogen-bond donors (Lipinski definition) is 1. The van der Waals surface area contributed by atoms with Gasteiger partial charge in [0, 0.05) is 34.5 Å². The van der Waals surface area contributed by atoms with Crippen molar-refractivity contribution >= 4 is 17.2 Å². The van der Waals surface area contributed by atoms with Gasteiger partial charge >= 0.3 is 5.97 Å². The van der Waals surface area contributed by atoms with Crippen LogP contribution >= 0.6 is 0 Å². The second-order valence-corrected chi connectivity index (χ2v) is 10.6. The molecule has 0 radical (unpaired) electrons. The zero-order valence-electron chi connectivity index (χ0n) is 23.6. The molecule has 4 aromatic rings. The van der Waals surface area contributed by atoms with Crippen LogP contribution in [0.5, 0.6) is 17.2 Å². The number of hydrogen-bond acceptors (Lipinski definition) is 5. The van der Waals surface area contributed by atoms with Crippen LogP contribution in [0.25, 0.3) is 16.7 Å². The van der Waals surface area contributed by atoms with Gasteiger partial charge in [0.15, 0.2) is 0 Å². The van der Waals surface area contributed by atoms with Crippen molar-refractivity contribution in [2.24, 2.45) is 0 Å². The van der Waals surface area contributed by atoms with Crippen molar-refractivity contribution in [3.63, 3.8) is 0 Å². The first-order chi connectivity index (χ1) is 19.5. The second kappa shape index (κ2) is 11.1. The Balaban J connectivity index is 1.55. The van der Waals surface area contributed by atoms with E-state index in [4.69, 9.17) is 14.2 Å². The third-order valence-corrected chi connectivity index (χ3v) is 7.02. The maximum Gasteiger partial charge on any atom is 0.343 e. The fourth-order valence-corrected chi connectivity index (χ4v) is 5.19. The van der Waals surface area contributed by atoms with Crippen LogP contribution in [0, 0.1) is 18.6 Å². The lowest BCUT2D eigenvalue weighted by Gasteiger charge is -2.33. The summed E-state index contributed by atoms with van der Waals surface area (Å²) in [6.45, 7) is 8.33. The van der Waals surface area contributed by atoms with E-state index in [1.54, 1.807) is 25.3 Å². The van der Waals surface area contributed by atoms with E-state index in [1.807, 2.05) is 25.1 Å². The number of anilines is 1. The lowest BCUT2D eigenvalue weighted by Crippen LogP contribution is -2.32. The molecule has 0 saturated heterocycles. The van der Waals surface area contributed by atoms with Crippen molar-refractivity contribution < 1.29 is 27.8 Å². The van der Waals surface area contributed by atoms with Crippen molar-refractivity contribution in [2.45, 2.75) is 39.8 Å². The van der Waals surface area contributed by atoms with Crippen LogP contribution in [-0.4, -0.2) is 18.6 Å². The minimum atomic E-state index is -0.609. The summed E-state index contributed by atoms with van der Waals surface area (Å²) in [4.78, 5) is 12.6. The normalized spacial score (nSPS) is 13.5. The number of esters is 1. The smallest absolute Gasteiger partial charge is 0.343 e. The van der Waals surface area contributed by atoms with Crippen molar-refractivity contribution in [2.75, 3.05) is 12.4 Å². The van der Waals surface area contributed by atoms with E-state index in [1.165, 1.54) is 36.4 Å². The predicted molar refractivity (Wildman–Crippen MR) is 157 cm³/mol. The molecule has 1 heterocycles. The largest absolute Gasteiger partial charge is 0.496 e. The van der Waals surface area contributed by atoms with Crippen molar-refractivity contribution in [3.8, 4) is 28.4 Å². The summed E-state index contributed by atoms with van der Waals surface area (Å²) < 4.78 is 44.8. The Hall–Kier alpha value is -4.65. The molecular weight excluding hydrogens is 524 g/mol. The zero-order valence-corrected chi connectivity index (χ0v) is 23.6. The van der Waals surface area contributed by atoms with Gasteiger partial charge in [-0.3, -0.25) is 0 Å². The third-order valence-electron chi connectivity index (χ3n) is 7.02. The van der Waals surface area contributed by atoms with Gasteiger partial charge in [-0.1, -0.05) is 18.2 Å². The van der Waals surface area contributed by atoms with Gasteiger partial charge in [-0.05, 0) is 92.9 Å². The molecule has 0 aromatic heterocycles. The SMILES string of the molecule is COc1cc(OC(=O)c2ccc(F)cc2)ccc1-c1ccc2c(c1COc1cc(F)ccc1C)C(C)=CC(C)(C)N2. The third kappa shape index (κ3) is 5.94. The number of rotatable bonds is 7. The molecule has 1 aliphatic rings. The molecule has 7 heteroatoms. The number of carbonyl (C=O) groups is 1. The van der Waals surface area contributed by atoms with Crippen molar-refractivity contribution in [1.82, 2.24) is 0 Å². The molecular formula is C34H31F2NO4. The summed E-state index contributed by atoms with van der Waals surface area (Å²) in [5.74, 6) is -0.174. The van der Waals surface area contributed by atoms with Crippen molar-refractivity contribution in [1.29, 1.82) is 0 Å². The molecule has 0 atom stereocenters. The standard InChI is InChI=1S/C34H31F2NO4/c1-20-6-9-24(36)16-30(20)40-19-28-26(14-15-29-32(28)21(2)18-34(3,4)37-29)27-13-12-25(17-31(27)39-5)41-33(38)22-7-10-23(35)11-8-22/h6-18,37H,19H2,1-5H3. The molecule has 5 nitrogen and oxygen atoms in total. The summed E-state index contributed by atoms with van der Waals surface area (Å²) in [6.07, 6.45) is 2.17.